The molecule has 1 aromatic carbocycles. The summed E-state index contributed by atoms with van der Waals surface area (Å²) in [5, 5.41) is 4.91. The van der Waals surface area contributed by atoms with Crippen LogP contribution in [0.4, 0.5) is 22.4 Å². The molecular weight excluding hydrogens is 342 g/mol. The molecule has 0 radical (unpaired) electrons. The minimum Gasteiger partial charge on any atom is -0.468 e. The van der Waals surface area contributed by atoms with Gasteiger partial charge in [0.25, 0.3) is 0 Å². The molecule has 0 spiro atoms. The third kappa shape index (κ3) is 6.28. The van der Waals surface area contributed by atoms with Crippen LogP contribution in [0, 0.1) is 5.82 Å². The standard InChI is InChI=1S/C16H15F4N3O2/c17-13-6-2-1-4-11(13)8-22-15(24)23-9-12-5-3-7-21-14(12)25-10-16(18,19)20/h1-7H,8-10H2,(H2,22,23,24). The van der Waals surface area contributed by atoms with Crippen molar-refractivity contribution in [2.24, 2.45) is 0 Å². The van der Waals surface area contributed by atoms with Crippen molar-refractivity contribution in [3.63, 3.8) is 0 Å². The Labute approximate surface area is 141 Å². The second kappa shape index (κ2) is 8.32. The fourth-order valence-electron chi connectivity index (χ4n) is 1.89. The van der Waals surface area contributed by atoms with E-state index in [1.807, 2.05) is 0 Å². The highest BCUT2D eigenvalue weighted by Gasteiger charge is 2.29. The zero-order chi connectivity index (χ0) is 18.3. The van der Waals surface area contributed by atoms with Crippen LogP contribution in [0.1, 0.15) is 11.1 Å². The van der Waals surface area contributed by atoms with Gasteiger partial charge in [0.15, 0.2) is 6.61 Å². The Hall–Kier alpha value is -2.84. The first kappa shape index (κ1) is 18.5. The molecular formula is C16H15F4N3O2. The van der Waals surface area contributed by atoms with E-state index in [1.165, 1.54) is 36.5 Å². The number of pyridine rings is 1. The molecule has 0 aliphatic heterocycles. The van der Waals surface area contributed by atoms with Crippen molar-refractivity contribution in [3.8, 4) is 5.88 Å². The summed E-state index contributed by atoms with van der Waals surface area (Å²) in [5.41, 5.74) is 0.598. The molecule has 2 rings (SSSR count). The monoisotopic (exact) mass is 357 g/mol. The summed E-state index contributed by atoms with van der Waals surface area (Å²) in [4.78, 5) is 15.5. The Morgan fingerprint density at radius 3 is 2.36 bits per heavy atom. The third-order valence-corrected chi connectivity index (χ3v) is 3.06. The van der Waals surface area contributed by atoms with Gasteiger partial charge in [0.05, 0.1) is 0 Å². The zero-order valence-electron chi connectivity index (χ0n) is 12.9. The van der Waals surface area contributed by atoms with Gasteiger partial charge in [-0.3, -0.25) is 0 Å². The Morgan fingerprint density at radius 2 is 1.68 bits per heavy atom. The molecule has 25 heavy (non-hydrogen) atoms. The summed E-state index contributed by atoms with van der Waals surface area (Å²) < 4.78 is 54.7. The van der Waals surface area contributed by atoms with Crippen LogP contribution in [0.5, 0.6) is 5.88 Å². The van der Waals surface area contributed by atoms with E-state index in [4.69, 9.17) is 0 Å². The number of carbonyl (C=O) groups is 1. The summed E-state index contributed by atoms with van der Waals surface area (Å²) >= 11 is 0. The van der Waals surface area contributed by atoms with Gasteiger partial charge in [-0.1, -0.05) is 24.3 Å². The highest BCUT2D eigenvalue weighted by atomic mass is 19.4. The number of hydrogen-bond donors (Lipinski definition) is 2. The predicted molar refractivity (Wildman–Crippen MR) is 81.3 cm³/mol. The van der Waals surface area contributed by atoms with E-state index in [9.17, 15) is 22.4 Å². The fourth-order valence-corrected chi connectivity index (χ4v) is 1.89. The summed E-state index contributed by atoms with van der Waals surface area (Å²) in [7, 11) is 0. The Morgan fingerprint density at radius 1 is 1.04 bits per heavy atom. The molecule has 1 heterocycles. The van der Waals surface area contributed by atoms with E-state index in [1.54, 1.807) is 6.07 Å². The molecule has 2 amide bonds. The minimum absolute atomic E-state index is 0.0248. The van der Waals surface area contributed by atoms with Gasteiger partial charge in [-0.2, -0.15) is 13.2 Å². The molecule has 5 nitrogen and oxygen atoms in total. The van der Waals surface area contributed by atoms with Gasteiger partial charge >= 0.3 is 12.2 Å². The molecule has 0 atom stereocenters. The van der Waals surface area contributed by atoms with Gasteiger partial charge in [0.1, 0.15) is 5.82 Å². The van der Waals surface area contributed by atoms with Crippen molar-refractivity contribution in [2.45, 2.75) is 19.3 Å². The molecule has 1 aromatic heterocycles. The molecule has 9 heteroatoms. The van der Waals surface area contributed by atoms with Crippen molar-refractivity contribution >= 4 is 6.03 Å². The van der Waals surface area contributed by atoms with Crippen molar-refractivity contribution in [2.75, 3.05) is 6.61 Å². The van der Waals surface area contributed by atoms with Crippen molar-refractivity contribution in [1.82, 2.24) is 15.6 Å². The van der Waals surface area contributed by atoms with Crippen LogP contribution in [0.3, 0.4) is 0 Å². The lowest BCUT2D eigenvalue weighted by Gasteiger charge is -2.13. The van der Waals surface area contributed by atoms with Crippen LogP contribution in [0.15, 0.2) is 42.6 Å². The SMILES string of the molecule is O=C(NCc1ccccc1F)NCc1cccnc1OCC(F)(F)F. The van der Waals surface area contributed by atoms with Gasteiger partial charge in [-0.15, -0.1) is 0 Å². The smallest absolute Gasteiger partial charge is 0.422 e. The number of nitrogens with zero attached hydrogens (tertiary/aromatic N) is 1. The van der Waals surface area contributed by atoms with E-state index in [0.717, 1.165) is 0 Å². The first-order chi connectivity index (χ1) is 11.8. The first-order valence-corrected chi connectivity index (χ1v) is 7.24. The molecule has 0 aliphatic rings. The van der Waals surface area contributed by atoms with E-state index in [-0.39, 0.29) is 24.5 Å². The number of hydrogen-bond acceptors (Lipinski definition) is 3. The van der Waals surface area contributed by atoms with Crippen LogP contribution in [0.2, 0.25) is 0 Å². The van der Waals surface area contributed by atoms with Crippen molar-refractivity contribution < 1.29 is 27.1 Å². The predicted octanol–water partition coefficient (Wildman–Crippen LogP) is 3.16. The van der Waals surface area contributed by atoms with E-state index < -0.39 is 24.6 Å². The summed E-state index contributed by atoms with van der Waals surface area (Å²) in [6, 6.07) is 8.36. The molecule has 134 valence electrons. The number of benzene rings is 1. The highest BCUT2D eigenvalue weighted by Crippen LogP contribution is 2.19. The second-order valence-corrected chi connectivity index (χ2v) is 5.00. The maximum atomic E-state index is 13.4. The van der Waals surface area contributed by atoms with Crippen LogP contribution >= 0.6 is 0 Å². The van der Waals surface area contributed by atoms with E-state index in [0.29, 0.717) is 5.56 Å². The summed E-state index contributed by atoms with van der Waals surface area (Å²) in [6.45, 7) is -1.59. The van der Waals surface area contributed by atoms with Gasteiger partial charge < -0.3 is 15.4 Å². The lowest BCUT2D eigenvalue weighted by Crippen LogP contribution is -2.35. The molecule has 0 saturated heterocycles. The third-order valence-electron chi connectivity index (χ3n) is 3.06. The highest BCUT2D eigenvalue weighted by molar-refractivity contribution is 5.73. The molecule has 0 aliphatic carbocycles. The number of alkyl halides is 3. The average molecular weight is 357 g/mol. The maximum Gasteiger partial charge on any atom is 0.422 e. The summed E-state index contributed by atoms with van der Waals surface area (Å²) in [6.07, 6.45) is -3.20. The number of carbonyl (C=O) groups excluding carboxylic acids is 1. The van der Waals surface area contributed by atoms with Crippen LogP contribution < -0.4 is 15.4 Å². The van der Waals surface area contributed by atoms with E-state index >= 15 is 0 Å². The van der Waals surface area contributed by atoms with Crippen LogP contribution in [0.25, 0.3) is 0 Å². The van der Waals surface area contributed by atoms with Gasteiger partial charge in [0.2, 0.25) is 5.88 Å². The van der Waals surface area contributed by atoms with Gasteiger partial charge in [-0.25, -0.2) is 14.2 Å². The number of amides is 2. The second-order valence-electron chi connectivity index (χ2n) is 5.00. The number of urea groups is 1. The Balaban J connectivity index is 1.86. The lowest BCUT2D eigenvalue weighted by atomic mass is 10.2. The average Bonchev–Trinajstić information content (AvgIpc) is 2.57. The lowest BCUT2D eigenvalue weighted by molar-refractivity contribution is -0.154. The minimum atomic E-state index is -4.49. The maximum absolute atomic E-state index is 13.4. The van der Waals surface area contributed by atoms with Crippen molar-refractivity contribution in [3.05, 3.63) is 59.5 Å². The van der Waals surface area contributed by atoms with Crippen LogP contribution in [-0.4, -0.2) is 23.8 Å². The number of aromatic nitrogens is 1. The Bertz CT molecular complexity index is 723. The Kier molecular flexibility index (Phi) is 6.15. The molecule has 0 saturated carbocycles. The molecule has 2 N–H and O–H groups in total. The number of halogens is 4. The largest absolute Gasteiger partial charge is 0.468 e. The molecule has 0 bridgehead atoms. The van der Waals surface area contributed by atoms with Gasteiger partial charge in [0, 0.05) is 30.4 Å². The molecule has 0 unspecified atom stereocenters. The first-order valence-electron chi connectivity index (χ1n) is 7.24. The van der Waals surface area contributed by atoms with Crippen LogP contribution in [-0.2, 0) is 13.1 Å². The molecule has 2 aromatic rings. The topological polar surface area (TPSA) is 63.2 Å². The number of rotatable bonds is 6. The van der Waals surface area contributed by atoms with Gasteiger partial charge in [-0.05, 0) is 12.1 Å². The normalized spacial score (nSPS) is 11.0. The van der Waals surface area contributed by atoms with Crippen molar-refractivity contribution in [1.29, 1.82) is 0 Å². The quantitative estimate of drug-likeness (QED) is 0.781. The number of nitrogens with one attached hydrogen (secondary N) is 2. The zero-order valence-corrected chi connectivity index (χ0v) is 12.9. The number of ether oxygens (including phenoxy) is 1. The summed E-state index contributed by atoms with van der Waals surface area (Å²) in [5.74, 6) is -0.660. The molecule has 0 fully saturated rings. The van der Waals surface area contributed by atoms with E-state index in [2.05, 4.69) is 20.4 Å². The fraction of sp³-hybridized carbons (Fsp3) is 0.250.